The zero-order valence-electron chi connectivity index (χ0n) is 9.49. The van der Waals surface area contributed by atoms with Crippen molar-refractivity contribution in [3.05, 3.63) is 59.7 Å². The lowest BCUT2D eigenvalue weighted by Crippen LogP contribution is -2.25. The van der Waals surface area contributed by atoms with E-state index in [9.17, 15) is 8.78 Å². The largest absolute Gasteiger partial charge is 0.481 e. The quantitative estimate of drug-likeness (QED) is 0.832. The summed E-state index contributed by atoms with van der Waals surface area (Å²) in [5.74, 6) is -0.557. The Morgan fingerprint density at radius 3 is 2.50 bits per heavy atom. The summed E-state index contributed by atoms with van der Waals surface area (Å²) in [7, 11) is 0. The first-order valence-corrected chi connectivity index (χ1v) is 5.69. The summed E-state index contributed by atoms with van der Waals surface area (Å²) in [4.78, 5) is 0. The minimum atomic E-state index is -0.652. The molecule has 0 bridgehead atoms. The van der Waals surface area contributed by atoms with Gasteiger partial charge in [-0.3, -0.25) is 0 Å². The lowest BCUT2D eigenvalue weighted by molar-refractivity contribution is 0.200. The first kappa shape index (κ1) is 11.0. The van der Waals surface area contributed by atoms with E-state index in [1.807, 2.05) is 18.2 Å². The molecule has 1 aliphatic heterocycles. The molecule has 18 heavy (non-hydrogen) atoms. The van der Waals surface area contributed by atoms with E-state index in [-0.39, 0.29) is 5.56 Å². The van der Waals surface area contributed by atoms with Crippen molar-refractivity contribution >= 4 is 5.69 Å². The molecule has 1 atom stereocenters. The van der Waals surface area contributed by atoms with Gasteiger partial charge < -0.3 is 10.1 Å². The smallest absolute Gasteiger partial charge is 0.147 e. The second kappa shape index (κ2) is 4.29. The molecule has 3 rings (SSSR count). The van der Waals surface area contributed by atoms with E-state index in [2.05, 4.69) is 5.32 Å². The molecule has 2 nitrogen and oxygen atoms in total. The van der Waals surface area contributed by atoms with Crippen LogP contribution in [0, 0.1) is 11.6 Å². The number of nitrogens with one attached hydrogen (secondary N) is 1. The molecular weight excluding hydrogens is 236 g/mol. The van der Waals surface area contributed by atoms with Crippen molar-refractivity contribution < 1.29 is 13.5 Å². The molecule has 92 valence electrons. The van der Waals surface area contributed by atoms with Crippen molar-refractivity contribution in [3.63, 3.8) is 0 Å². The average Bonchev–Trinajstić information content (AvgIpc) is 2.38. The fraction of sp³-hybridized carbons (Fsp3) is 0.143. The van der Waals surface area contributed by atoms with Crippen LogP contribution in [0.4, 0.5) is 14.5 Å². The Morgan fingerprint density at radius 2 is 1.72 bits per heavy atom. The third-order valence-electron chi connectivity index (χ3n) is 2.96. The van der Waals surface area contributed by atoms with Gasteiger partial charge in [-0.15, -0.1) is 0 Å². The van der Waals surface area contributed by atoms with Gasteiger partial charge in [0.25, 0.3) is 0 Å². The van der Waals surface area contributed by atoms with E-state index in [1.165, 1.54) is 18.2 Å². The van der Waals surface area contributed by atoms with Crippen molar-refractivity contribution in [3.8, 4) is 5.75 Å². The van der Waals surface area contributed by atoms with E-state index in [4.69, 9.17) is 4.74 Å². The second-order valence-electron chi connectivity index (χ2n) is 4.12. The lowest BCUT2D eigenvalue weighted by Gasteiger charge is -2.27. The van der Waals surface area contributed by atoms with Gasteiger partial charge in [0.1, 0.15) is 23.5 Å². The molecule has 0 aliphatic carbocycles. The van der Waals surface area contributed by atoms with Gasteiger partial charge in [0, 0.05) is 0 Å². The molecule has 0 aromatic heterocycles. The summed E-state index contributed by atoms with van der Waals surface area (Å²) in [6.07, 6.45) is -0.652. The molecule has 2 aromatic carbocycles. The van der Waals surface area contributed by atoms with Crippen molar-refractivity contribution in [2.75, 3.05) is 11.9 Å². The minimum Gasteiger partial charge on any atom is -0.481 e. The molecule has 0 fully saturated rings. The van der Waals surface area contributed by atoms with Gasteiger partial charge in [0.2, 0.25) is 0 Å². The van der Waals surface area contributed by atoms with Crippen LogP contribution in [0.3, 0.4) is 0 Å². The van der Waals surface area contributed by atoms with Crippen LogP contribution >= 0.6 is 0 Å². The van der Waals surface area contributed by atoms with Gasteiger partial charge in [-0.1, -0.05) is 18.2 Å². The number of hydrogen-bond acceptors (Lipinski definition) is 2. The van der Waals surface area contributed by atoms with E-state index in [0.29, 0.717) is 12.3 Å². The van der Waals surface area contributed by atoms with Crippen LogP contribution in [0.2, 0.25) is 0 Å². The molecule has 0 saturated carbocycles. The summed E-state index contributed by atoms with van der Waals surface area (Å²) in [5.41, 5.74) is 0.810. The predicted octanol–water partition coefficient (Wildman–Crippen LogP) is 3.51. The van der Waals surface area contributed by atoms with Crippen LogP contribution in [-0.4, -0.2) is 6.54 Å². The summed E-state index contributed by atoms with van der Waals surface area (Å²) < 4.78 is 33.0. The summed E-state index contributed by atoms with van der Waals surface area (Å²) >= 11 is 0. The van der Waals surface area contributed by atoms with Gasteiger partial charge in [0.15, 0.2) is 0 Å². The SMILES string of the molecule is Fc1cccc(F)c1C1CNc2ccccc2O1. The van der Waals surface area contributed by atoms with Crippen LogP contribution in [-0.2, 0) is 0 Å². The fourth-order valence-electron chi connectivity index (χ4n) is 2.09. The molecule has 1 N–H and O–H groups in total. The van der Waals surface area contributed by atoms with E-state index < -0.39 is 17.7 Å². The standard InChI is InChI=1S/C14H11F2NO/c15-9-4-3-5-10(16)14(9)13-8-17-11-6-1-2-7-12(11)18-13/h1-7,13,17H,8H2. The number of benzene rings is 2. The second-order valence-corrected chi connectivity index (χ2v) is 4.12. The predicted molar refractivity (Wildman–Crippen MR) is 64.7 cm³/mol. The maximum atomic E-state index is 13.7. The monoisotopic (exact) mass is 247 g/mol. The molecule has 0 saturated heterocycles. The molecule has 0 spiro atoms. The highest BCUT2D eigenvalue weighted by Crippen LogP contribution is 2.35. The van der Waals surface area contributed by atoms with E-state index in [1.54, 1.807) is 6.07 Å². The lowest BCUT2D eigenvalue weighted by atomic mass is 10.1. The topological polar surface area (TPSA) is 21.3 Å². The Morgan fingerprint density at radius 1 is 1.00 bits per heavy atom. The number of anilines is 1. The molecular formula is C14H11F2NO. The summed E-state index contributed by atoms with van der Waals surface area (Å²) in [6, 6.07) is 11.2. The van der Waals surface area contributed by atoms with E-state index in [0.717, 1.165) is 5.69 Å². The highest BCUT2D eigenvalue weighted by molar-refractivity contribution is 5.58. The molecule has 1 unspecified atom stereocenters. The highest BCUT2D eigenvalue weighted by atomic mass is 19.1. The maximum Gasteiger partial charge on any atom is 0.147 e. The third kappa shape index (κ3) is 1.79. The molecule has 1 aliphatic rings. The number of halogens is 2. The number of rotatable bonds is 1. The van der Waals surface area contributed by atoms with Crippen molar-refractivity contribution in [2.45, 2.75) is 6.10 Å². The number of ether oxygens (including phenoxy) is 1. The molecule has 4 heteroatoms. The molecule has 1 heterocycles. The van der Waals surface area contributed by atoms with Crippen molar-refractivity contribution in [2.24, 2.45) is 0 Å². The van der Waals surface area contributed by atoms with Gasteiger partial charge in [-0.25, -0.2) is 8.78 Å². The van der Waals surface area contributed by atoms with Gasteiger partial charge in [0.05, 0.1) is 17.8 Å². The van der Waals surface area contributed by atoms with Gasteiger partial charge in [-0.2, -0.15) is 0 Å². The molecule has 0 amide bonds. The van der Waals surface area contributed by atoms with Crippen molar-refractivity contribution in [1.29, 1.82) is 0 Å². The van der Waals surface area contributed by atoms with Gasteiger partial charge >= 0.3 is 0 Å². The van der Waals surface area contributed by atoms with E-state index >= 15 is 0 Å². The Balaban J connectivity index is 1.97. The maximum absolute atomic E-state index is 13.7. The van der Waals surface area contributed by atoms with Crippen molar-refractivity contribution in [1.82, 2.24) is 0 Å². The zero-order chi connectivity index (χ0) is 12.5. The third-order valence-corrected chi connectivity index (χ3v) is 2.96. The summed E-state index contributed by atoms with van der Waals surface area (Å²) in [6.45, 7) is 0.342. The first-order chi connectivity index (χ1) is 8.75. The number of para-hydroxylation sites is 2. The van der Waals surface area contributed by atoms with Crippen LogP contribution in [0.25, 0.3) is 0 Å². The molecule has 0 radical (unpaired) electrons. The minimum absolute atomic E-state index is 0.0282. The van der Waals surface area contributed by atoms with Crippen LogP contribution in [0.15, 0.2) is 42.5 Å². The first-order valence-electron chi connectivity index (χ1n) is 5.69. The van der Waals surface area contributed by atoms with Crippen LogP contribution < -0.4 is 10.1 Å². The Labute approximate surface area is 103 Å². The Hall–Kier alpha value is -2.10. The average molecular weight is 247 g/mol. The normalized spacial score (nSPS) is 17.6. The number of hydrogen-bond donors (Lipinski definition) is 1. The Kier molecular flexibility index (Phi) is 2.63. The van der Waals surface area contributed by atoms with Gasteiger partial charge in [-0.05, 0) is 24.3 Å². The molecule has 2 aromatic rings. The zero-order valence-corrected chi connectivity index (χ0v) is 9.49. The summed E-state index contributed by atoms with van der Waals surface area (Å²) in [5, 5.41) is 3.11. The van der Waals surface area contributed by atoms with Crippen LogP contribution in [0.5, 0.6) is 5.75 Å². The highest BCUT2D eigenvalue weighted by Gasteiger charge is 2.25. The van der Waals surface area contributed by atoms with Crippen LogP contribution in [0.1, 0.15) is 11.7 Å². The number of fused-ring (bicyclic) bond motifs is 1. The fourth-order valence-corrected chi connectivity index (χ4v) is 2.09. The Bertz CT molecular complexity index is 566.